The van der Waals surface area contributed by atoms with Gasteiger partial charge >= 0.3 is 0 Å². The molecule has 0 fully saturated rings. The molecule has 0 aliphatic rings. The first-order valence-corrected chi connectivity index (χ1v) is 8.91. The minimum atomic E-state index is -0.936. The van der Waals surface area contributed by atoms with E-state index in [4.69, 9.17) is 0 Å². The Hall–Kier alpha value is -2.53. The Bertz CT molecular complexity index is 893. The standard InChI is InChI=1S/C18H16N2O2S/c1-23(22)12-13-5-4-7-15(11-13)18(21)20-17-10-9-14-6-2-3-8-16(14)19-17/h2-11H,12H2,1H3,(H,19,20,21)/t23-/m0/s1. The first-order valence-electron chi connectivity index (χ1n) is 7.18. The van der Waals surface area contributed by atoms with Crippen LogP contribution in [0, 0.1) is 0 Å². The van der Waals surface area contributed by atoms with Gasteiger partial charge in [-0.25, -0.2) is 4.98 Å². The summed E-state index contributed by atoms with van der Waals surface area (Å²) in [5.41, 5.74) is 2.24. The maximum Gasteiger partial charge on any atom is 0.256 e. The molecule has 0 spiro atoms. The van der Waals surface area contributed by atoms with E-state index in [1.54, 1.807) is 30.5 Å². The zero-order chi connectivity index (χ0) is 16.2. The highest BCUT2D eigenvalue weighted by atomic mass is 32.2. The highest BCUT2D eigenvalue weighted by Crippen LogP contribution is 2.16. The van der Waals surface area contributed by atoms with E-state index in [1.807, 2.05) is 36.4 Å². The van der Waals surface area contributed by atoms with E-state index in [-0.39, 0.29) is 5.91 Å². The Morgan fingerprint density at radius 2 is 1.91 bits per heavy atom. The predicted molar refractivity (Wildman–Crippen MR) is 93.9 cm³/mol. The van der Waals surface area contributed by atoms with Crippen LogP contribution >= 0.6 is 0 Å². The third-order valence-electron chi connectivity index (χ3n) is 3.40. The van der Waals surface area contributed by atoms with Gasteiger partial charge in [0.05, 0.1) is 5.52 Å². The van der Waals surface area contributed by atoms with Crippen molar-refractivity contribution in [3.63, 3.8) is 0 Å². The van der Waals surface area contributed by atoms with E-state index in [9.17, 15) is 9.00 Å². The van der Waals surface area contributed by atoms with Gasteiger partial charge in [0.1, 0.15) is 5.82 Å². The number of carbonyl (C=O) groups excluding carboxylic acids is 1. The van der Waals surface area contributed by atoms with E-state index in [0.29, 0.717) is 17.1 Å². The Morgan fingerprint density at radius 3 is 2.74 bits per heavy atom. The van der Waals surface area contributed by atoms with Gasteiger partial charge in [-0.2, -0.15) is 0 Å². The fourth-order valence-electron chi connectivity index (χ4n) is 2.36. The molecule has 1 heterocycles. The smallest absolute Gasteiger partial charge is 0.256 e. The van der Waals surface area contributed by atoms with Crippen molar-refractivity contribution >= 4 is 33.4 Å². The van der Waals surface area contributed by atoms with Crippen LogP contribution in [0.3, 0.4) is 0 Å². The summed E-state index contributed by atoms with van der Waals surface area (Å²) in [4.78, 5) is 16.8. The fourth-order valence-corrected chi connectivity index (χ4v) is 3.01. The second kappa shape index (κ2) is 6.71. The molecule has 5 heteroatoms. The molecule has 0 saturated carbocycles. The van der Waals surface area contributed by atoms with Crippen LogP contribution in [0.15, 0.2) is 60.7 Å². The van der Waals surface area contributed by atoms with Crippen LogP contribution in [0.5, 0.6) is 0 Å². The lowest BCUT2D eigenvalue weighted by atomic mass is 10.1. The van der Waals surface area contributed by atoms with Crippen LogP contribution in [0.25, 0.3) is 10.9 Å². The molecule has 4 nitrogen and oxygen atoms in total. The monoisotopic (exact) mass is 324 g/mol. The molecule has 0 aliphatic heterocycles. The van der Waals surface area contributed by atoms with Gasteiger partial charge in [0.25, 0.3) is 5.91 Å². The predicted octanol–water partition coefficient (Wildman–Crippen LogP) is 3.37. The van der Waals surface area contributed by atoms with Crippen molar-refractivity contribution in [2.24, 2.45) is 0 Å². The number of nitrogens with zero attached hydrogens (tertiary/aromatic N) is 1. The van der Waals surface area contributed by atoms with Crippen molar-refractivity contribution in [2.75, 3.05) is 11.6 Å². The van der Waals surface area contributed by atoms with E-state index in [2.05, 4.69) is 10.3 Å². The topological polar surface area (TPSA) is 59.1 Å². The summed E-state index contributed by atoms with van der Waals surface area (Å²) >= 11 is 0. The normalized spacial score (nSPS) is 12.0. The van der Waals surface area contributed by atoms with Crippen LogP contribution in [-0.2, 0) is 16.6 Å². The number of hydrogen-bond acceptors (Lipinski definition) is 3. The fraction of sp³-hybridized carbons (Fsp3) is 0.111. The van der Waals surface area contributed by atoms with E-state index in [1.165, 1.54) is 0 Å². The van der Waals surface area contributed by atoms with Gasteiger partial charge in [0.15, 0.2) is 0 Å². The summed E-state index contributed by atoms with van der Waals surface area (Å²) in [6.45, 7) is 0. The maximum absolute atomic E-state index is 12.4. The highest BCUT2D eigenvalue weighted by Gasteiger charge is 2.08. The molecule has 3 rings (SSSR count). The zero-order valence-electron chi connectivity index (χ0n) is 12.7. The van der Waals surface area contributed by atoms with E-state index in [0.717, 1.165) is 16.5 Å². The second-order valence-corrected chi connectivity index (χ2v) is 6.70. The molecule has 116 valence electrons. The lowest BCUT2D eigenvalue weighted by Crippen LogP contribution is -2.13. The number of pyridine rings is 1. The molecule has 1 N–H and O–H groups in total. The molecule has 0 radical (unpaired) electrons. The van der Waals surface area contributed by atoms with Gasteiger partial charge in [0, 0.05) is 33.8 Å². The average Bonchev–Trinajstić information content (AvgIpc) is 2.54. The van der Waals surface area contributed by atoms with Crippen molar-refractivity contribution in [1.82, 2.24) is 4.98 Å². The molecule has 0 unspecified atom stereocenters. The van der Waals surface area contributed by atoms with Crippen LogP contribution in [0.1, 0.15) is 15.9 Å². The molecular weight excluding hydrogens is 308 g/mol. The number of carbonyl (C=O) groups is 1. The lowest BCUT2D eigenvalue weighted by molar-refractivity contribution is 0.102. The third kappa shape index (κ3) is 3.81. The number of para-hydroxylation sites is 1. The van der Waals surface area contributed by atoms with Crippen LogP contribution in [0.2, 0.25) is 0 Å². The second-order valence-electron chi connectivity index (χ2n) is 5.26. The van der Waals surface area contributed by atoms with Gasteiger partial charge < -0.3 is 5.32 Å². The molecule has 3 aromatic rings. The minimum absolute atomic E-state index is 0.225. The first kappa shape index (κ1) is 15.4. The van der Waals surface area contributed by atoms with E-state index < -0.39 is 10.8 Å². The number of amides is 1. The molecule has 0 saturated heterocycles. The Balaban J connectivity index is 1.81. The van der Waals surface area contributed by atoms with Crippen LogP contribution < -0.4 is 5.32 Å². The zero-order valence-corrected chi connectivity index (χ0v) is 13.5. The number of hydrogen-bond donors (Lipinski definition) is 1. The molecule has 1 aromatic heterocycles. The number of anilines is 1. The highest BCUT2D eigenvalue weighted by molar-refractivity contribution is 7.83. The quantitative estimate of drug-likeness (QED) is 0.800. The van der Waals surface area contributed by atoms with Crippen LogP contribution in [0.4, 0.5) is 5.82 Å². The molecule has 1 amide bonds. The van der Waals surface area contributed by atoms with Crippen molar-refractivity contribution in [2.45, 2.75) is 5.75 Å². The maximum atomic E-state index is 12.4. The first-order chi connectivity index (χ1) is 11.1. The Kier molecular flexibility index (Phi) is 4.48. The number of rotatable bonds is 4. The molecule has 23 heavy (non-hydrogen) atoms. The lowest BCUT2D eigenvalue weighted by Gasteiger charge is -2.07. The van der Waals surface area contributed by atoms with Gasteiger partial charge in [-0.1, -0.05) is 30.3 Å². The largest absolute Gasteiger partial charge is 0.307 e. The summed E-state index contributed by atoms with van der Waals surface area (Å²) in [5.74, 6) is 0.727. The van der Waals surface area contributed by atoms with Gasteiger partial charge in [-0.05, 0) is 35.9 Å². The SMILES string of the molecule is C[S@](=O)Cc1cccc(C(=O)Nc2ccc3ccccc3n2)c1. The third-order valence-corrected chi connectivity index (χ3v) is 4.14. The Labute approximate surface area is 137 Å². The number of fused-ring (bicyclic) bond motifs is 1. The average molecular weight is 324 g/mol. The molecule has 0 aliphatic carbocycles. The number of nitrogens with one attached hydrogen (secondary N) is 1. The molecular formula is C18H16N2O2S. The molecule has 0 bridgehead atoms. The summed E-state index contributed by atoms with van der Waals surface area (Å²) in [6.07, 6.45) is 1.64. The van der Waals surface area contributed by atoms with Crippen LogP contribution in [-0.4, -0.2) is 21.4 Å². The summed E-state index contributed by atoms with van der Waals surface area (Å²) in [6, 6.07) is 18.6. The minimum Gasteiger partial charge on any atom is -0.307 e. The summed E-state index contributed by atoms with van der Waals surface area (Å²) in [7, 11) is -0.936. The van der Waals surface area contributed by atoms with Gasteiger partial charge in [0.2, 0.25) is 0 Å². The molecule has 2 aromatic carbocycles. The van der Waals surface area contributed by atoms with Crippen molar-refractivity contribution in [1.29, 1.82) is 0 Å². The summed E-state index contributed by atoms with van der Waals surface area (Å²) < 4.78 is 11.3. The number of aromatic nitrogens is 1. The van der Waals surface area contributed by atoms with Gasteiger partial charge in [-0.15, -0.1) is 0 Å². The number of benzene rings is 2. The van der Waals surface area contributed by atoms with Crippen molar-refractivity contribution < 1.29 is 9.00 Å². The summed E-state index contributed by atoms with van der Waals surface area (Å²) in [5, 5.41) is 3.83. The van der Waals surface area contributed by atoms with E-state index >= 15 is 0 Å². The van der Waals surface area contributed by atoms with Crippen molar-refractivity contribution in [3.05, 3.63) is 71.8 Å². The molecule has 1 atom stereocenters. The van der Waals surface area contributed by atoms with Gasteiger partial charge in [-0.3, -0.25) is 9.00 Å². The van der Waals surface area contributed by atoms with Crippen molar-refractivity contribution in [3.8, 4) is 0 Å². The Morgan fingerprint density at radius 1 is 1.09 bits per heavy atom.